The summed E-state index contributed by atoms with van der Waals surface area (Å²) in [7, 11) is 0. The number of carbonyl (C=O) groups excluding carboxylic acids is 2. The van der Waals surface area contributed by atoms with E-state index in [2.05, 4.69) is 10.2 Å². The Bertz CT molecular complexity index is 581. The van der Waals surface area contributed by atoms with Crippen LogP contribution >= 0.6 is 0 Å². The van der Waals surface area contributed by atoms with Gasteiger partial charge in [-0.3, -0.25) is 14.5 Å². The van der Waals surface area contributed by atoms with Gasteiger partial charge in [0.15, 0.2) is 0 Å². The molecule has 25 heavy (non-hydrogen) atoms. The molecule has 1 N–H and O–H groups in total. The van der Waals surface area contributed by atoms with Crippen LogP contribution in [0.15, 0.2) is 30.3 Å². The summed E-state index contributed by atoms with van der Waals surface area (Å²) in [5.41, 5.74) is 0.980. The van der Waals surface area contributed by atoms with Crippen molar-refractivity contribution in [3.8, 4) is 0 Å². The molecule has 2 atom stereocenters. The maximum atomic E-state index is 13.0. The number of ether oxygens (including phenoxy) is 1. The first-order valence-corrected chi connectivity index (χ1v) is 9.13. The highest BCUT2D eigenvalue weighted by Gasteiger charge is 2.32. The number of nitrogens with one attached hydrogen (secondary N) is 1. The van der Waals surface area contributed by atoms with Crippen LogP contribution in [0, 0.1) is 0 Å². The molecule has 0 unspecified atom stereocenters. The number of nitrogens with zero attached hydrogens (tertiary/aromatic N) is 2. The van der Waals surface area contributed by atoms with E-state index in [1.807, 2.05) is 30.3 Å². The lowest BCUT2D eigenvalue weighted by Gasteiger charge is -2.31. The maximum Gasteiger partial charge on any atom is 0.245 e. The monoisotopic (exact) mass is 345 g/mol. The van der Waals surface area contributed by atoms with Gasteiger partial charge in [0, 0.05) is 13.1 Å². The smallest absolute Gasteiger partial charge is 0.245 e. The first-order chi connectivity index (χ1) is 12.2. The summed E-state index contributed by atoms with van der Waals surface area (Å²) in [6.45, 7) is 5.90. The van der Waals surface area contributed by atoms with Gasteiger partial charge in [0.2, 0.25) is 11.8 Å². The predicted molar refractivity (Wildman–Crippen MR) is 95.0 cm³/mol. The van der Waals surface area contributed by atoms with E-state index < -0.39 is 6.04 Å². The third-order valence-electron chi connectivity index (χ3n) is 4.92. The zero-order chi connectivity index (χ0) is 17.6. The quantitative estimate of drug-likeness (QED) is 0.871. The van der Waals surface area contributed by atoms with E-state index in [-0.39, 0.29) is 17.9 Å². The molecule has 2 saturated heterocycles. The molecule has 0 aromatic heterocycles. The number of carbonyl (C=O) groups is 2. The fourth-order valence-electron chi connectivity index (χ4n) is 3.57. The van der Waals surface area contributed by atoms with E-state index in [1.54, 1.807) is 11.8 Å². The molecular weight excluding hydrogens is 318 g/mol. The molecule has 0 spiro atoms. The van der Waals surface area contributed by atoms with E-state index in [4.69, 9.17) is 4.74 Å². The Morgan fingerprint density at radius 2 is 1.68 bits per heavy atom. The Labute approximate surface area is 149 Å². The van der Waals surface area contributed by atoms with Crippen LogP contribution in [0.5, 0.6) is 0 Å². The van der Waals surface area contributed by atoms with Crippen molar-refractivity contribution in [1.29, 1.82) is 0 Å². The fraction of sp³-hybridized carbons (Fsp3) is 0.579. The third kappa shape index (κ3) is 4.38. The van der Waals surface area contributed by atoms with E-state index in [0.29, 0.717) is 26.3 Å². The molecule has 2 amide bonds. The summed E-state index contributed by atoms with van der Waals surface area (Å²) in [5.74, 6) is -0.132. The summed E-state index contributed by atoms with van der Waals surface area (Å²) < 4.78 is 5.29. The molecule has 0 aliphatic carbocycles. The summed E-state index contributed by atoms with van der Waals surface area (Å²) >= 11 is 0. The van der Waals surface area contributed by atoms with Gasteiger partial charge in [0.1, 0.15) is 12.1 Å². The highest BCUT2D eigenvalue weighted by Crippen LogP contribution is 2.25. The number of rotatable bonds is 5. The number of amides is 2. The van der Waals surface area contributed by atoms with Crippen molar-refractivity contribution in [1.82, 2.24) is 15.1 Å². The van der Waals surface area contributed by atoms with Crippen molar-refractivity contribution in [3.63, 3.8) is 0 Å². The van der Waals surface area contributed by atoms with Crippen LogP contribution in [-0.2, 0) is 14.3 Å². The van der Waals surface area contributed by atoms with E-state index in [9.17, 15) is 9.59 Å². The predicted octanol–water partition coefficient (Wildman–Crippen LogP) is 1.19. The van der Waals surface area contributed by atoms with Crippen molar-refractivity contribution < 1.29 is 14.3 Å². The number of morpholine rings is 1. The van der Waals surface area contributed by atoms with Crippen LogP contribution in [0.4, 0.5) is 0 Å². The SMILES string of the molecule is C[C@@H](NC(=O)[C@@H](c1ccccc1)N1CCCC1)C(=O)N1CCOCC1. The molecule has 3 rings (SSSR count). The molecule has 1 aromatic carbocycles. The summed E-state index contributed by atoms with van der Waals surface area (Å²) in [5, 5.41) is 2.94. The molecule has 0 radical (unpaired) electrons. The fourth-order valence-corrected chi connectivity index (χ4v) is 3.57. The lowest BCUT2D eigenvalue weighted by Crippen LogP contribution is -2.52. The zero-order valence-corrected chi connectivity index (χ0v) is 14.8. The zero-order valence-electron chi connectivity index (χ0n) is 14.8. The second-order valence-corrected chi connectivity index (χ2v) is 6.72. The molecule has 2 heterocycles. The lowest BCUT2D eigenvalue weighted by atomic mass is 10.0. The van der Waals surface area contributed by atoms with Crippen LogP contribution in [0.2, 0.25) is 0 Å². The normalized spacial score (nSPS) is 20.9. The molecule has 6 nitrogen and oxygen atoms in total. The molecule has 0 saturated carbocycles. The van der Waals surface area contributed by atoms with E-state index in [0.717, 1.165) is 31.5 Å². The van der Waals surface area contributed by atoms with Gasteiger partial charge in [-0.05, 0) is 38.4 Å². The first-order valence-electron chi connectivity index (χ1n) is 9.13. The van der Waals surface area contributed by atoms with Crippen LogP contribution in [0.1, 0.15) is 31.4 Å². The Kier molecular flexibility index (Phi) is 6.04. The van der Waals surface area contributed by atoms with Gasteiger partial charge in [0.05, 0.1) is 13.2 Å². The van der Waals surface area contributed by atoms with Crippen LogP contribution in [-0.4, -0.2) is 67.0 Å². The second-order valence-electron chi connectivity index (χ2n) is 6.72. The van der Waals surface area contributed by atoms with E-state index in [1.165, 1.54) is 0 Å². The third-order valence-corrected chi connectivity index (χ3v) is 4.92. The number of hydrogen-bond acceptors (Lipinski definition) is 4. The lowest BCUT2D eigenvalue weighted by molar-refractivity contribution is -0.140. The molecule has 6 heteroatoms. The van der Waals surface area contributed by atoms with Crippen molar-refractivity contribution in [3.05, 3.63) is 35.9 Å². The summed E-state index contributed by atoms with van der Waals surface area (Å²) in [6, 6.07) is 8.96. The molecule has 0 bridgehead atoms. The Hall–Kier alpha value is -1.92. The minimum atomic E-state index is -0.528. The van der Waals surface area contributed by atoms with Gasteiger partial charge in [-0.15, -0.1) is 0 Å². The van der Waals surface area contributed by atoms with Crippen LogP contribution in [0.25, 0.3) is 0 Å². The van der Waals surface area contributed by atoms with Crippen molar-refractivity contribution in [2.24, 2.45) is 0 Å². The van der Waals surface area contributed by atoms with Gasteiger partial charge in [0.25, 0.3) is 0 Å². The highest BCUT2D eigenvalue weighted by molar-refractivity contribution is 5.90. The Morgan fingerprint density at radius 3 is 2.32 bits per heavy atom. The number of benzene rings is 1. The second kappa shape index (κ2) is 8.45. The van der Waals surface area contributed by atoms with Gasteiger partial charge in [-0.2, -0.15) is 0 Å². The number of hydrogen-bond donors (Lipinski definition) is 1. The minimum absolute atomic E-state index is 0.0371. The van der Waals surface area contributed by atoms with Crippen molar-refractivity contribution in [2.45, 2.75) is 31.8 Å². The maximum absolute atomic E-state index is 13.0. The Balaban J connectivity index is 1.68. The van der Waals surface area contributed by atoms with Crippen molar-refractivity contribution in [2.75, 3.05) is 39.4 Å². The largest absolute Gasteiger partial charge is 0.378 e. The van der Waals surface area contributed by atoms with E-state index >= 15 is 0 Å². The van der Waals surface area contributed by atoms with Crippen molar-refractivity contribution >= 4 is 11.8 Å². The molecule has 136 valence electrons. The van der Waals surface area contributed by atoms with Gasteiger partial charge in [-0.25, -0.2) is 0 Å². The van der Waals surface area contributed by atoms with Gasteiger partial charge in [-0.1, -0.05) is 30.3 Å². The molecule has 2 aliphatic heterocycles. The molecule has 1 aromatic rings. The van der Waals surface area contributed by atoms with Gasteiger partial charge < -0.3 is 15.0 Å². The highest BCUT2D eigenvalue weighted by atomic mass is 16.5. The average molecular weight is 345 g/mol. The molecular formula is C19H27N3O3. The van der Waals surface area contributed by atoms with Crippen LogP contribution < -0.4 is 5.32 Å². The standard InChI is InChI=1S/C19H27N3O3/c1-15(19(24)22-11-13-25-14-12-22)20-18(23)17(21-9-5-6-10-21)16-7-3-2-4-8-16/h2-4,7-8,15,17H,5-6,9-14H2,1H3,(H,20,23)/t15-,17-/m1/s1. The molecule has 2 aliphatic rings. The molecule has 2 fully saturated rings. The Morgan fingerprint density at radius 1 is 1.04 bits per heavy atom. The van der Waals surface area contributed by atoms with Crippen LogP contribution in [0.3, 0.4) is 0 Å². The topological polar surface area (TPSA) is 61.9 Å². The average Bonchev–Trinajstić information content (AvgIpc) is 3.17. The van der Waals surface area contributed by atoms with Gasteiger partial charge >= 0.3 is 0 Å². The minimum Gasteiger partial charge on any atom is -0.378 e. The summed E-state index contributed by atoms with van der Waals surface area (Å²) in [4.78, 5) is 29.5. The number of likely N-dealkylation sites (tertiary alicyclic amines) is 1. The first kappa shape index (κ1) is 17.9. The summed E-state index contributed by atoms with van der Waals surface area (Å²) in [6.07, 6.45) is 2.22.